The first-order valence-corrected chi connectivity index (χ1v) is 8.26. The molecule has 2 N–H and O–H groups in total. The maximum atomic E-state index is 12.3. The van der Waals surface area contributed by atoms with Gasteiger partial charge in [0.1, 0.15) is 5.82 Å². The fourth-order valence-corrected chi connectivity index (χ4v) is 2.47. The third-order valence-electron chi connectivity index (χ3n) is 3.42. The molecule has 5 heteroatoms. The zero-order valence-corrected chi connectivity index (χ0v) is 14.7. The molecule has 0 saturated heterocycles. The summed E-state index contributed by atoms with van der Waals surface area (Å²) in [4.78, 5) is 16.5. The van der Waals surface area contributed by atoms with Crippen molar-refractivity contribution in [1.29, 1.82) is 0 Å². The van der Waals surface area contributed by atoms with E-state index < -0.39 is 0 Å². The smallest absolute Gasteiger partial charge is 0.257 e. The predicted octanol–water partition coefficient (Wildman–Crippen LogP) is 5.15. The molecule has 2 aromatic carbocycles. The van der Waals surface area contributed by atoms with Gasteiger partial charge < -0.3 is 10.6 Å². The second-order valence-electron chi connectivity index (χ2n) is 5.39. The lowest BCUT2D eigenvalue weighted by Gasteiger charge is -2.08. The van der Waals surface area contributed by atoms with E-state index in [1.165, 1.54) is 0 Å². The first-order chi connectivity index (χ1) is 11.6. The quantitative estimate of drug-likeness (QED) is 0.656. The molecule has 3 aromatic rings. The van der Waals surface area contributed by atoms with Gasteiger partial charge in [0.2, 0.25) is 0 Å². The average molecular weight is 382 g/mol. The van der Waals surface area contributed by atoms with Crippen LogP contribution < -0.4 is 10.6 Å². The molecule has 3 rings (SSSR count). The van der Waals surface area contributed by atoms with E-state index in [9.17, 15) is 4.79 Å². The van der Waals surface area contributed by atoms with Gasteiger partial charge in [0.25, 0.3) is 5.91 Å². The number of nitrogens with one attached hydrogen (secondary N) is 2. The van der Waals surface area contributed by atoms with E-state index in [1.807, 2.05) is 55.5 Å². The van der Waals surface area contributed by atoms with Crippen LogP contribution in [-0.2, 0) is 0 Å². The number of rotatable bonds is 4. The van der Waals surface area contributed by atoms with E-state index in [0.29, 0.717) is 11.4 Å². The molecule has 0 aliphatic rings. The molecule has 0 spiro atoms. The SMILES string of the molecule is Cc1cccc(NC(=O)c2ccc(Nc3ccc(Br)cc3)nc2)c1. The van der Waals surface area contributed by atoms with E-state index in [1.54, 1.807) is 18.3 Å². The monoisotopic (exact) mass is 381 g/mol. The molecule has 0 bridgehead atoms. The molecule has 0 saturated carbocycles. The van der Waals surface area contributed by atoms with E-state index in [4.69, 9.17) is 0 Å². The lowest BCUT2D eigenvalue weighted by atomic mass is 10.2. The summed E-state index contributed by atoms with van der Waals surface area (Å²) in [6.07, 6.45) is 1.56. The van der Waals surface area contributed by atoms with E-state index in [2.05, 4.69) is 31.5 Å². The first kappa shape index (κ1) is 16.2. The van der Waals surface area contributed by atoms with Crippen molar-refractivity contribution >= 4 is 39.0 Å². The number of nitrogens with zero attached hydrogens (tertiary/aromatic N) is 1. The number of benzene rings is 2. The molecule has 0 fully saturated rings. The van der Waals surface area contributed by atoms with Gasteiger partial charge in [0, 0.05) is 22.0 Å². The topological polar surface area (TPSA) is 54.0 Å². The van der Waals surface area contributed by atoms with Gasteiger partial charge in [-0.25, -0.2) is 4.98 Å². The molecule has 1 heterocycles. The molecule has 120 valence electrons. The molecular weight excluding hydrogens is 366 g/mol. The summed E-state index contributed by atoms with van der Waals surface area (Å²) in [6.45, 7) is 1.99. The van der Waals surface area contributed by atoms with Crippen molar-refractivity contribution in [3.8, 4) is 0 Å². The Labute approximate surface area is 149 Å². The maximum absolute atomic E-state index is 12.3. The summed E-state index contributed by atoms with van der Waals surface area (Å²) < 4.78 is 1.02. The largest absolute Gasteiger partial charge is 0.340 e. The number of carbonyl (C=O) groups excluding carboxylic acids is 1. The Morgan fingerprint density at radius 3 is 2.46 bits per heavy atom. The lowest BCUT2D eigenvalue weighted by Crippen LogP contribution is -2.12. The van der Waals surface area contributed by atoms with Crippen molar-refractivity contribution in [2.24, 2.45) is 0 Å². The minimum atomic E-state index is -0.178. The van der Waals surface area contributed by atoms with Gasteiger partial charge in [-0.1, -0.05) is 28.1 Å². The summed E-state index contributed by atoms with van der Waals surface area (Å²) in [6, 6.07) is 19.0. The predicted molar refractivity (Wildman–Crippen MR) is 101 cm³/mol. The first-order valence-electron chi connectivity index (χ1n) is 7.47. The number of carbonyl (C=O) groups is 1. The number of halogens is 1. The number of anilines is 3. The summed E-state index contributed by atoms with van der Waals surface area (Å²) in [5.74, 6) is 0.507. The number of aryl methyl sites for hydroxylation is 1. The average Bonchev–Trinajstić information content (AvgIpc) is 2.57. The number of hydrogen-bond acceptors (Lipinski definition) is 3. The molecule has 0 atom stereocenters. The molecule has 0 aliphatic carbocycles. The van der Waals surface area contributed by atoms with Gasteiger partial charge in [0.15, 0.2) is 0 Å². The number of aromatic nitrogens is 1. The number of hydrogen-bond donors (Lipinski definition) is 2. The van der Waals surface area contributed by atoms with Crippen LogP contribution in [0.5, 0.6) is 0 Å². The Balaban J connectivity index is 1.67. The van der Waals surface area contributed by atoms with Crippen LogP contribution in [0.4, 0.5) is 17.2 Å². The Kier molecular flexibility index (Phi) is 4.91. The lowest BCUT2D eigenvalue weighted by molar-refractivity contribution is 0.102. The van der Waals surface area contributed by atoms with Crippen molar-refractivity contribution in [3.63, 3.8) is 0 Å². The molecule has 0 radical (unpaired) electrons. The van der Waals surface area contributed by atoms with Crippen LogP contribution in [-0.4, -0.2) is 10.9 Å². The normalized spacial score (nSPS) is 10.2. The van der Waals surface area contributed by atoms with Crippen LogP contribution in [0.1, 0.15) is 15.9 Å². The van der Waals surface area contributed by atoms with Gasteiger partial charge in [-0.2, -0.15) is 0 Å². The molecule has 0 aliphatic heterocycles. The minimum absolute atomic E-state index is 0.178. The Bertz CT molecular complexity index is 845. The Morgan fingerprint density at radius 2 is 1.79 bits per heavy atom. The maximum Gasteiger partial charge on any atom is 0.257 e. The summed E-state index contributed by atoms with van der Waals surface area (Å²) in [5, 5.41) is 6.06. The summed E-state index contributed by atoms with van der Waals surface area (Å²) in [5.41, 5.74) is 3.32. The number of amides is 1. The van der Waals surface area contributed by atoms with Crippen LogP contribution in [0.15, 0.2) is 71.3 Å². The molecule has 1 amide bonds. The van der Waals surface area contributed by atoms with Gasteiger partial charge in [-0.15, -0.1) is 0 Å². The number of pyridine rings is 1. The molecule has 1 aromatic heterocycles. The van der Waals surface area contributed by atoms with Gasteiger partial charge in [-0.05, 0) is 61.0 Å². The van der Waals surface area contributed by atoms with E-state index >= 15 is 0 Å². The standard InChI is InChI=1S/C19H16BrN3O/c1-13-3-2-4-17(11-13)23-19(24)14-5-10-18(21-12-14)22-16-8-6-15(20)7-9-16/h2-12H,1H3,(H,21,22)(H,23,24). The Hall–Kier alpha value is -2.66. The van der Waals surface area contributed by atoms with Crippen LogP contribution in [0.2, 0.25) is 0 Å². The highest BCUT2D eigenvalue weighted by atomic mass is 79.9. The van der Waals surface area contributed by atoms with E-state index in [0.717, 1.165) is 21.4 Å². The molecule has 24 heavy (non-hydrogen) atoms. The van der Waals surface area contributed by atoms with Gasteiger partial charge in [-0.3, -0.25) is 4.79 Å². The van der Waals surface area contributed by atoms with Crippen LogP contribution >= 0.6 is 15.9 Å². The zero-order chi connectivity index (χ0) is 16.9. The molecular formula is C19H16BrN3O. The molecule has 0 unspecified atom stereocenters. The van der Waals surface area contributed by atoms with Crippen LogP contribution in [0.25, 0.3) is 0 Å². The van der Waals surface area contributed by atoms with Crippen molar-refractivity contribution < 1.29 is 4.79 Å². The van der Waals surface area contributed by atoms with Crippen molar-refractivity contribution in [2.45, 2.75) is 6.92 Å². The van der Waals surface area contributed by atoms with Crippen molar-refractivity contribution in [1.82, 2.24) is 4.98 Å². The fourth-order valence-electron chi connectivity index (χ4n) is 2.21. The third-order valence-corrected chi connectivity index (χ3v) is 3.95. The summed E-state index contributed by atoms with van der Waals surface area (Å²) >= 11 is 3.40. The second-order valence-corrected chi connectivity index (χ2v) is 6.30. The van der Waals surface area contributed by atoms with Gasteiger partial charge >= 0.3 is 0 Å². The van der Waals surface area contributed by atoms with Crippen molar-refractivity contribution in [3.05, 3.63) is 82.5 Å². The second kappa shape index (κ2) is 7.27. The van der Waals surface area contributed by atoms with Crippen LogP contribution in [0.3, 0.4) is 0 Å². The Morgan fingerprint density at radius 1 is 1.00 bits per heavy atom. The summed E-state index contributed by atoms with van der Waals surface area (Å²) in [7, 11) is 0. The highest BCUT2D eigenvalue weighted by Crippen LogP contribution is 2.18. The highest BCUT2D eigenvalue weighted by Gasteiger charge is 2.07. The van der Waals surface area contributed by atoms with Gasteiger partial charge in [0.05, 0.1) is 5.56 Å². The third kappa shape index (κ3) is 4.20. The molecule has 4 nitrogen and oxygen atoms in total. The van der Waals surface area contributed by atoms with Crippen molar-refractivity contribution in [2.75, 3.05) is 10.6 Å². The van der Waals surface area contributed by atoms with Crippen LogP contribution in [0, 0.1) is 6.92 Å². The highest BCUT2D eigenvalue weighted by molar-refractivity contribution is 9.10. The van der Waals surface area contributed by atoms with E-state index in [-0.39, 0.29) is 5.91 Å². The zero-order valence-electron chi connectivity index (χ0n) is 13.1. The fraction of sp³-hybridized carbons (Fsp3) is 0.0526. The minimum Gasteiger partial charge on any atom is -0.340 e.